The van der Waals surface area contributed by atoms with Crippen molar-refractivity contribution in [2.24, 2.45) is 10.9 Å². The molecule has 5 heteroatoms. The number of piperidine rings is 1. The van der Waals surface area contributed by atoms with Gasteiger partial charge in [-0.2, -0.15) is 0 Å². The maximum atomic E-state index is 4.74. The molecular formula is C17H35IN4. The average molecular weight is 422 g/mol. The number of halogens is 1. The van der Waals surface area contributed by atoms with Crippen LogP contribution >= 0.6 is 24.0 Å². The molecule has 2 rings (SSSR count). The zero-order valence-corrected chi connectivity index (χ0v) is 16.8. The third-order valence-electron chi connectivity index (χ3n) is 4.55. The Morgan fingerprint density at radius 1 is 1.14 bits per heavy atom. The van der Waals surface area contributed by atoms with Crippen LogP contribution in [0.3, 0.4) is 0 Å². The summed E-state index contributed by atoms with van der Waals surface area (Å²) in [6, 6.07) is 0.597. The number of nitrogens with one attached hydrogen (secondary N) is 2. The Bertz CT molecular complexity index is 310. The zero-order valence-electron chi connectivity index (χ0n) is 14.4. The third kappa shape index (κ3) is 7.99. The van der Waals surface area contributed by atoms with E-state index in [0.29, 0.717) is 6.04 Å². The van der Waals surface area contributed by atoms with Gasteiger partial charge in [-0.15, -0.1) is 24.0 Å². The summed E-state index contributed by atoms with van der Waals surface area (Å²) in [6.07, 6.45) is 9.29. The van der Waals surface area contributed by atoms with Crippen LogP contribution in [0.1, 0.15) is 58.8 Å². The highest BCUT2D eigenvalue weighted by Crippen LogP contribution is 2.33. The van der Waals surface area contributed by atoms with E-state index in [1.165, 1.54) is 64.6 Å². The van der Waals surface area contributed by atoms with Crippen molar-refractivity contribution in [2.75, 3.05) is 32.7 Å². The first-order valence-electron chi connectivity index (χ1n) is 9.09. The molecular weight excluding hydrogens is 387 g/mol. The van der Waals surface area contributed by atoms with Gasteiger partial charge in [0.1, 0.15) is 0 Å². The van der Waals surface area contributed by atoms with Crippen LogP contribution in [0.15, 0.2) is 4.99 Å². The maximum Gasteiger partial charge on any atom is 0.191 e. The van der Waals surface area contributed by atoms with Crippen LogP contribution < -0.4 is 10.6 Å². The van der Waals surface area contributed by atoms with Crippen molar-refractivity contribution in [3.8, 4) is 0 Å². The van der Waals surface area contributed by atoms with Crippen molar-refractivity contribution < 1.29 is 0 Å². The Morgan fingerprint density at radius 3 is 2.45 bits per heavy atom. The van der Waals surface area contributed by atoms with E-state index in [9.17, 15) is 0 Å². The van der Waals surface area contributed by atoms with Crippen molar-refractivity contribution in [1.82, 2.24) is 15.5 Å². The number of rotatable bonds is 8. The van der Waals surface area contributed by atoms with Gasteiger partial charge in [-0.3, -0.25) is 4.99 Å². The summed E-state index contributed by atoms with van der Waals surface area (Å²) in [6.45, 7) is 10.0. The lowest BCUT2D eigenvalue weighted by Gasteiger charge is -2.32. The van der Waals surface area contributed by atoms with E-state index in [1.54, 1.807) is 0 Å². The molecule has 1 aliphatic heterocycles. The van der Waals surface area contributed by atoms with E-state index in [4.69, 9.17) is 4.99 Å². The second-order valence-electron chi connectivity index (χ2n) is 6.61. The van der Waals surface area contributed by atoms with Gasteiger partial charge in [-0.1, -0.05) is 19.8 Å². The molecule has 0 aromatic carbocycles. The molecule has 0 aromatic rings. The summed E-state index contributed by atoms with van der Waals surface area (Å²) < 4.78 is 0. The summed E-state index contributed by atoms with van der Waals surface area (Å²) >= 11 is 0. The molecule has 1 saturated heterocycles. The minimum absolute atomic E-state index is 0. The minimum Gasteiger partial charge on any atom is -0.357 e. The highest BCUT2D eigenvalue weighted by atomic mass is 127. The van der Waals surface area contributed by atoms with Gasteiger partial charge >= 0.3 is 0 Å². The van der Waals surface area contributed by atoms with E-state index < -0.39 is 0 Å². The Morgan fingerprint density at radius 2 is 1.86 bits per heavy atom. The summed E-state index contributed by atoms with van der Waals surface area (Å²) in [5.74, 6) is 2.06. The topological polar surface area (TPSA) is 39.7 Å². The lowest BCUT2D eigenvalue weighted by atomic mass is 10.1. The first-order valence-corrected chi connectivity index (χ1v) is 9.09. The Labute approximate surface area is 153 Å². The molecule has 0 amide bonds. The van der Waals surface area contributed by atoms with E-state index in [-0.39, 0.29) is 24.0 Å². The molecule has 2 aliphatic rings. The number of nitrogens with zero attached hydrogens (tertiary/aromatic N) is 2. The second kappa shape index (κ2) is 11.5. The van der Waals surface area contributed by atoms with Crippen LogP contribution in [-0.2, 0) is 0 Å². The average Bonchev–Trinajstić information content (AvgIpc) is 3.30. The molecule has 0 spiro atoms. The van der Waals surface area contributed by atoms with Crippen LogP contribution in [0.4, 0.5) is 0 Å². The van der Waals surface area contributed by atoms with Crippen molar-refractivity contribution in [1.29, 1.82) is 0 Å². The normalized spacial score (nSPS) is 20.5. The van der Waals surface area contributed by atoms with Gasteiger partial charge in [0.25, 0.3) is 0 Å². The molecule has 2 fully saturated rings. The molecule has 1 heterocycles. The summed E-state index contributed by atoms with van der Waals surface area (Å²) in [5.41, 5.74) is 0. The van der Waals surface area contributed by atoms with Gasteiger partial charge in [0.15, 0.2) is 5.96 Å². The zero-order chi connectivity index (χ0) is 14.9. The van der Waals surface area contributed by atoms with E-state index >= 15 is 0 Å². The largest absolute Gasteiger partial charge is 0.357 e. The predicted molar refractivity (Wildman–Crippen MR) is 106 cm³/mol. The standard InChI is InChI=1S/C17H34N4.HI/c1-3-12-21-13-9-16(10-14-21)20-17(18-4-2)19-11-5-6-15-7-8-15;/h15-16H,3-14H2,1-2H3,(H2,18,19,20);1H. The molecule has 1 saturated carbocycles. The Hall–Kier alpha value is -0.0400. The first-order chi connectivity index (χ1) is 10.3. The van der Waals surface area contributed by atoms with Crippen LogP contribution in [0.2, 0.25) is 0 Å². The van der Waals surface area contributed by atoms with E-state index in [2.05, 4.69) is 29.4 Å². The minimum atomic E-state index is 0. The van der Waals surface area contributed by atoms with Crippen molar-refractivity contribution in [3.63, 3.8) is 0 Å². The van der Waals surface area contributed by atoms with Crippen LogP contribution in [-0.4, -0.2) is 49.6 Å². The maximum absolute atomic E-state index is 4.74. The van der Waals surface area contributed by atoms with E-state index in [1.807, 2.05) is 0 Å². The number of hydrogen-bond donors (Lipinski definition) is 2. The summed E-state index contributed by atoms with van der Waals surface area (Å²) in [4.78, 5) is 7.32. The summed E-state index contributed by atoms with van der Waals surface area (Å²) in [7, 11) is 0. The summed E-state index contributed by atoms with van der Waals surface area (Å²) in [5, 5.41) is 7.03. The van der Waals surface area contributed by atoms with Gasteiger partial charge in [-0.05, 0) is 51.5 Å². The van der Waals surface area contributed by atoms with Crippen molar-refractivity contribution >= 4 is 29.9 Å². The van der Waals surface area contributed by atoms with Gasteiger partial charge in [-0.25, -0.2) is 0 Å². The smallest absolute Gasteiger partial charge is 0.191 e. The van der Waals surface area contributed by atoms with Crippen LogP contribution in [0.25, 0.3) is 0 Å². The molecule has 130 valence electrons. The number of aliphatic imine (C=N–C) groups is 1. The monoisotopic (exact) mass is 422 g/mol. The third-order valence-corrected chi connectivity index (χ3v) is 4.55. The quantitative estimate of drug-likeness (QED) is 0.273. The predicted octanol–water partition coefficient (Wildman–Crippen LogP) is 3.22. The molecule has 0 bridgehead atoms. The molecule has 0 unspecified atom stereocenters. The van der Waals surface area contributed by atoms with Gasteiger partial charge in [0.2, 0.25) is 0 Å². The molecule has 0 atom stereocenters. The number of hydrogen-bond acceptors (Lipinski definition) is 2. The fourth-order valence-electron chi connectivity index (χ4n) is 3.11. The molecule has 22 heavy (non-hydrogen) atoms. The highest BCUT2D eigenvalue weighted by molar-refractivity contribution is 14.0. The fourth-order valence-corrected chi connectivity index (χ4v) is 3.11. The van der Waals surface area contributed by atoms with Crippen LogP contribution in [0.5, 0.6) is 0 Å². The first kappa shape index (κ1) is 20.0. The second-order valence-corrected chi connectivity index (χ2v) is 6.61. The number of likely N-dealkylation sites (tertiary alicyclic amines) is 1. The Kier molecular flexibility index (Phi) is 10.4. The molecule has 2 N–H and O–H groups in total. The molecule has 1 aliphatic carbocycles. The number of guanidine groups is 1. The Balaban J connectivity index is 0.00000242. The highest BCUT2D eigenvalue weighted by Gasteiger charge is 2.20. The SMILES string of the molecule is CCCN1CCC(NC(=NCCCC2CC2)NCC)CC1.I. The molecule has 4 nitrogen and oxygen atoms in total. The lowest BCUT2D eigenvalue weighted by Crippen LogP contribution is -2.48. The van der Waals surface area contributed by atoms with Gasteiger partial charge in [0.05, 0.1) is 0 Å². The van der Waals surface area contributed by atoms with Crippen molar-refractivity contribution in [2.45, 2.75) is 64.8 Å². The van der Waals surface area contributed by atoms with Crippen LogP contribution in [0, 0.1) is 5.92 Å². The van der Waals surface area contributed by atoms with Gasteiger partial charge < -0.3 is 15.5 Å². The fraction of sp³-hybridized carbons (Fsp3) is 0.941. The molecule has 0 aromatic heterocycles. The van der Waals surface area contributed by atoms with E-state index in [0.717, 1.165) is 25.0 Å². The van der Waals surface area contributed by atoms with Gasteiger partial charge in [0, 0.05) is 32.2 Å². The van der Waals surface area contributed by atoms with Crippen molar-refractivity contribution in [3.05, 3.63) is 0 Å². The lowest BCUT2D eigenvalue weighted by molar-refractivity contribution is 0.206. The molecule has 0 radical (unpaired) electrons.